The minimum absolute atomic E-state index is 0.450. The quantitative estimate of drug-likeness (QED) is 0.582. The van der Waals surface area contributed by atoms with E-state index in [0.717, 1.165) is 0 Å². The molecule has 9 heavy (non-hydrogen) atoms. The second kappa shape index (κ2) is 3.18. The maximum Gasteiger partial charge on any atom is 0.0790 e. The van der Waals surface area contributed by atoms with E-state index in [1.54, 1.807) is 0 Å². The van der Waals surface area contributed by atoms with Crippen LogP contribution < -0.4 is 5.48 Å². The van der Waals surface area contributed by atoms with Gasteiger partial charge in [-0.3, -0.25) is 4.84 Å². The largest absolute Gasteiger partial charge is 0.298 e. The summed E-state index contributed by atoms with van der Waals surface area (Å²) in [5.74, 6) is 0. The summed E-state index contributed by atoms with van der Waals surface area (Å²) in [5.41, 5.74) is 2.95. The molecule has 1 fully saturated rings. The molecule has 0 radical (unpaired) electrons. The molecule has 1 rings (SSSR count). The fraction of sp³-hybridized carbons (Fsp3) is 1.00. The first-order valence-electron chi connectivity index (χ1n) is 3.70. The Hall–Kier alpha value is -0.0800. The third kappa shape index (κ3) is 2.33. The van der Waals surface area contributed by atoms with Crippen LogP contribution in [-0.4, -0.2) is 12.1 Å². The van der Waals surface area contributed by atoms with Crippen LogP contribution in [-0.2, 0) is 4.84 Å². The molecule has 0 amide bonds. The highest BCUT2D eigenvalue weighted by Crippen LogP contribution is 2.20. The number of hydrogen-bond donors (Lipinski definition) is 1. The second-order valence-electron chi connectivity index (χ2n) is 2.94. The van der Waals surface area contributed by atoms with E-state index in [1.165, 1.54) is 19.3 Å². The molecule has 0 bridgehead atoms. The average Bonchev–Trinajstić information content (AvgIpc) is 1.60. The lowest BCUT2D eigenvalue weighted by Gasteiger charge is -2.26. The molecule has 1 N–H and O–H groups in total. The molecule has 1 saturated carbocycles. The fourth-order valence-corrected chi connectivity index (χ4v) is 0.721. The van der Waals surface area contributed by atoms with E-state index in [-0.39, 0.29) is 0 Å². The third-order valence-corrected chi connectivity index (χ3v) is 1.52. The maximum absolute atomic E-state index is 5.29. The molecule has 0 heterocycles. The van der Waals surface area contributed by atoms with Crippen LogP contribution in [0.5, 0.6) is 0 Å². The predicted octanol–water partition coefficient (Wildman–Crippen LogP) is 1.47. The van der Waals surface area contributed by atoms with Crippen molar-refractivity contribution in [1.82, 2.24) is 5.48 Å². The first kappa shape index (κ1) is 7.03. The molecule has 0 unspecified atom stereocenters. The van der Waals surface area contributed by atoms with Gasteiger partial charge in [0, 0.05) is 6.04 Å². The van der Waals surface area contributed by atoms with E-state index in [1.807, 2.05) is 0 Å². The van der Waals surface area contributed by atoms with E-state index < -0.39 is 0 Å². The molecule has 2 heteroatoms. The van der Waals surface area contributed by atoms with Gasteiger partial charge in [0.15, 0.2) is 0 Å². The molecule has 54 valence electrons. The zero-order valence-corrected chi connectivity index (χ0v) is 6.18. The summed E-state index contributed by atoms with van der Waals surface area (Å²) in [7, 11) is 0. The zero-order chi connectivity index (χ0) is 6.69. The summed E-state index contributed by atoms with van der Waals surface area (Å²) in [5, 5.41) is 0. The van der Waals surface area contributed by atoms with Gasteiger partial charge in [-0.25, -0.2) is 0 Å². The van der Waals surface area contributed by atoms with Crippen LogP contribution in [0, 0.1) is 0 Å². The highest BCUT2D eigenvalue weighted by Gasteiger charge is 2.17. The van der Waals surface area contributed by atoms with E-state index in [9.17, 15) is 0 Å². The van der Waals surface area contributed by atoms with Crippen LogP contribution >= 0.6 is 0 Å². The van der Waals surface area contributed by atoms with E-state index in [0.29, 0.717) is 12.1 Å². The Labute approximate surface area is 56.5 Å². The van der Waals surface area contributed by atoms with Gasteiger partial charge in [0.2, 0.25) is 0 Å². The summed E-state index contributed by atoms with van der Waals surface area (Å²) in [6.45, 7) is 4.16. The van der Waals surface area contributed by atoms with Crippen LogP contribution in [0.4, 0.5) is 0 Å². The SMILES string of the molecule is CC(C)NOC1CCC1. The second-order valence-corrected chi connectivity index (χ2v) is 2.94. The summed E-state index contributed by atoms with van der Waals surface area (Å²) < 4.78 is 0. The minimum atomic E-state index is 0.450. The van der Waals surface area contributed by atoms with Crippen molar-refractivity contribution in [2.45, 2.75) is 45.3 Å². The number of hydrogen-bond acceptors (Lipinski definition) is 2. The lowest BCUT2D eigenvalue weighted by Crippen LogP contribution is -2.33. The van der Waals surface area contributed by atoms with Gasteiger partial charge in [0.05, 0.1) is 6.10 Å². The highest BCUT2D eigenvalue weighted by molar-refractivity contribution is 4.68. The topological polar surface area (TPSA) is 21.3 Å². The van der Waals surface area contributed by atoms with Crippen LogP contribution in [0.1, 0.15) is 33.1 Å². The Morgan fingerprint density at radius 2 is 2.11 bits per heavy atom. The van der Waals surface area contributed by atoms with Crippen LogP contribution in [0.3, 0.4) is 0 Å². The number of rotatable bonds is 3. The molecule has 0 aromatic heterocycles. The first-order chi connectivity index (χ1) is 4.29. The molecule has 2 nitrogen and oxygen atoms in total. The zero-order valence-electron chi connectivity index (χ0n) is 6.18. The molecule has 0 saturated heterocycles. The normalized spacial score (nSPS) is 20.3. The van der Waals surface area contributed by atoms with Crippen molar-refractivity contribution >= 4 is 0 Å². The molecule has 0 atom stereocenters. The van der Waals surface area contributed by atoms with E-state index >= 15 is 0 Å². The Morgan fingerprint density at radius 1 is 1.44 bits per heavy atom. The Morgan fingerprint density at radius 3 is 2.44 bits per heavy atom. The molecule has 0 aromatic carbocycles. The molecule has 0 spiro atoms. The molecule has 0 aliphatic heterocycles. The van der Waals surface area contributed by atoms with Crippen molar-refractivity contribution in [2.75, 3.05) is 0 Å². The molecular formula is C7H15NO. The Balaban J connectivity index is 1.91. The predicted molar refractivity (Wildman–Crippen MR) is 37.0 cm³/mol. The van der Waals surface area contributed by atoms with Crippen LogP contribution in [0.25, 0.3) is 0 Å². The van der Waals surface area contributed by atoms with Crippen LogP contribution in [0.15, 0.2) is 0 Å². The summed E-state index contributed by atoms with van der Waals surface area (Å²) >= 11 is 0. The monoisotopic (exact) mass is 129 g/mol. The van der Waals surface area contributed by atoms with Crippen molar-refractivity contribution < 1.29 is 4.84 Å². The highest BCUT2D eigenvalue weighted by atomic mass is 16.7. The van der Waals surface area contributed by atoms with Crippen molar-refractivity contribution in [3.05, 3.63) is 0 Å². The Kier molecular flexibility index (Phi) is 2.49. The molecule has 1 aliphatic carbocycles. The van der Waals surface area contributed by atoms with Gasteiger partial charge >= 0.3 is 0 Å². The van der Waals surface area contributed by atoms with Crippen molar-refractivity contribution in [2.24, 2.45) is 0 Å². The standard InChI is InChI=1S/C7H15NO/c1-6(2)8-9-7-4-3-5-7/h6-8H,3-5H2,1-2H3. The molecule has 0 aromatic rings. The summed E-state index contributed by atoms with van der Waals surface area (Å²) in [6, 6.07) is 0.450. The smallest absolute Gasteiger partial charge is 0.0790 e. The third-order valence-electron chi connectivity index (χ3n) is 1.52. The molecular weight excluding hydrogens is 114 g/mol. The van der Waals surface area contributed by atoms with Crippen molar-refractivity contribution in [3.63, 3.8) is 0 Å². The Bertz CT molecular complexity index is 79.0. The van der Waals surface area contributed by atoms with Crippen molar-refractivity contribution in [3.8, 4) is 0 Å². The van der Waals surface area contributed by atoms with Gasteiger partial charge in [-0.1, -0.05) is 0 Å². The van der Waals surface area contributed by atoms with Gasteiger partial charge in [-0.05, 0) is 33.1 Å². The van der Waals surface area contributed by atoms with Crippen molar-refractivity contribution in [1.29, 1.82) is 0 Å². The maximum atomic E-state index is 5.29. The van der Waals surface area contributed by atoms with Gasteiger partial charge in [-0.15, -0.1) is 0 Å². The van der Waals surface area contributed by atoms with Gasteiger partial charge in [0.25, 0.3) is 0 Å². The number of hydroxylamine groups is 1. The van der Waals surface area contributed by atoms with Crippen LogP contribution in [0.2, 0.25) is 0 Å². The molecule has 1 aliphatic rings. The van der Waals surface area contributed by atoms with Gasteiger partial charge < -0.3 is 0 Å². The first-order valence-corrected chi connectivity index (χ1v) is 3.70. The lowest BCUT2D eigenvalue weighted by atomic mass is 9.97. The van der Waals surface area contributed by atoms with Gasteiger partial charge in [0.1, 0.15) is 0 Å². The number of nitrogens with one attached hydrogen (secondary N) is 1. The lowest BCUT2D eigenvalue weighted by molar-refractivity contribution is -0.0737. The van der Waals surface area contributed by atoms with E-state index in [4.69, 9.17) is 4.84 Å². The summed E-state index contributed by atoms with van der Waals surface area (Å²) in [6.07, 6.45) is 4.32. The van der Waals surface area contributed by atoms with Gasteiger partial charge in [-0.2, -0.15) is 5.48 Å². The fourth-order valence-electron chi connectivity index (χ4n) is 0.721. The average molecular weight is 129 g/mol. The summed E-state index contributed by atoms with van der Waals surface area (Å²) in [4.78, 5) is 5.29. The minimum Gasteiger partial charge on any atom is -0.298 e. The van der Waals surface area contributed by atoms with E-state index in [2.05, 4.69) is 19.3 Å².